The lowest BCUT2D eigenvalue weighted by Gasteiger charge is -2.40. The van der Waals surface area contributed by atoms with Crippen molar-refractivity contribution in [3.63, 3.8) is 0 Å². The van der Waals surface area contributed by atoms with Gasteiger partial charge in [-0.2, -0.15) is 13.2 Å². The molecule has 0 bridgehead atoms. The first kappa shape index (κ1) is 14.8. The lowest BCUT2D eigenvalue weighted by atomic mass is 9.71. The Hall–Kier alpha value is -0.250. The highest BCUT2D eigenvalue weighted by molar-refractivity contribution is 4.93. The molecule has 0 radical (unpaired) electrons. The van der Waals surface area contributed by atoms with Crippen molar-refractivity contribution in [2.75, 3.05) is 0 Å². The molecule has 0 saturated heterocycles. The van der Waals surface area contributed by atoms with Crippen LogP contribution in [0.2, 0.25) is 0 Å². The second kappa shape index (κ2) is 5.59. The Labute approximate surface area is 102 Å². The fourth-order valence-corrected chi connectivity index (χ4v) is 3.15. The number of halogens is 3. The maximum atomic E-state index is 12.7. The van der Waals surface area contributed by atoms with Gasteiger partial charge in [-0.25, -0.2) is 0 Å². The van der Waals surface area contributed by atoms with Gasteiger partial charge in [-0.15, -0.1) is 0 Å². The summed E-state index contributed by atoms with van der Waals surface area (Å²) in [6.45, 7) is 4.19. The van der Waals surface area contributed by atoms with Gasteiger partial charge in [0.2, 0.25) is 0 Å². The lowest BCUT2D eigenvalue weighted by Crippen LogP contribution is -2.48. The van der Waals surface area contributed by atoms with Crippen molar-refractivity contribution in [3.05, 3.63) is 0 Å². The van der Waals surface area contributed by atoms with E-state index in [9.17, 15) is 13.2 Å². The Morgan fingerprint density at radius 2 is 2.06 bits per heavy atom. The third-order valence-corrected chi connectivity index (χ3v) is 3.88. The monoisotopic (exact) mass is 251 g/mol. The zero-order chi connectivity index (χ0) is 13.1. The molecule has 0 aliphatic heterocycles. The summed E-state index contributed by atoms with van der Waals surface area (Å²) >= 11 is 0. The van der Waals surface area contributed by atoms with Crippen LogP contribution in [0, 0.1) is 11.8 Å². The van der Waals surface area contributed by atoms with E-state index in [2.05, 4.69) is 13.8 Å². The second-order valence-electron chi connectivity index (χ2n) is 5.80. The highest BCUT2D eigenvalue weighted by Gasteiger charge is 2.46. The van der Waals surface area contributed by atoms with Crippen molar-refractivity contribution in [2.24, 2.45) is 17.6 Å². The van der Waals surface area contributed by atoms with Crippen LogP contribution in [0.5, 0.6) is 0 Å². The molecule has 2 N–H and O–H groups in total. The molecule has 1 saturated carbocycles. The fraction of sp³-hybridized carbons (Fsp3) is 1.00. The van der Waals surface area contributed by atoms with E-state index in [-0.39, 0.29) is 12.8 Å². The van der Waals surface area contributed by atoms with Gasteiger partial charge in [0.15, 0.2) is 0 Å². The zero-order valence-electron chi connectivity index (χ0n) is 10.8. The zero-order valence-corrected chi connectivity index (χ0v) is 10.8. The Kier molecular flexibility index (Phi) is 4.87. The second-order valence-corrected chi connectivity index (χ2v) is 5.80. The highest BCUT2D eigenvalue weighted by Crippen LogP contribution is 2.43. The molecule has 1 rings (SSSR count). The summed E-state index contributed by atoms with van der Waals surface area (Å²) in [4.78, 5) is 0. The molecule has 0 spiro atoms. The average molecular weight is 251 g/mol. The van der Waals surface area contributed by atoms with E-state index < -0.39 is 17.6 Å². The molecule has 0 aromatic carbocycles. The van der Waals surface area contributed by atoms with Crippen molar-refractivity contribution in [3.8, 4) is 0 Å². The molecular formula is C13H24F3N. The van der Waals surface area contributed by atoms with Crippen LogP contribution in [-0.4, -0.2) is 11.7 Å². The lowest BCUT2D eigenvalue weighted by molar-refractivity contribution is -0.187. The van der Waals surface area contributed by atoms with Crippen LogP contribution in [0.4, 0.5) is 13.2 Å². The summed E-state index contributed by atoms with van der Waals surface area (Å²) in [5.74, 6) is -0.757. The topological polar surface area (TPSA) is 26.0 Å². The molecule has 1 nitrogen and oxygen atoms in total. The third-order valence-electron chi connectivity index (χ3n) is 3.88. The first-order valence-electron chi connectivity index (χ1n) is 6.62. The van der Waals surface area contributed by atoms with Crippen LogP contribution < -0.4 is 5.73 Å². The highest BCUT2D eigenvalue weighted by atomic mass is 19.4. The van der Waals surface area contributed by atoms with Gasteiger partial charge in [0, 0.05) is 5.54 Å². The fourth-order valence-electron chi connectivity index (χ4n) is 3.15. The van der Waals surface area contributed by atoms with E-state index in [1.54, 1.807) is 0 Å². The Morgan fingerprint density at radius 3 is 2.59 bits per heavy atom. The van der Waals surface area contributed by atoms with Crippen LogP contribution in [0.15, 0.2) is 0 Å². The Balaban J connectivity index is 2.57. The van der Waals surface area contributed by atoms with Gasteiger partial charge in [-0.3, -0.25) is 0 Å². The van der Waals surface area contributed by atoms with E-state index in [1.165, 1.54) is 0 Å². The Bertz CT molecular complexity index is 239. The van der Waals surface area contributed by atoms with Gasteiger partial charge in [0.25, 0.3) is 0 Å². The van der Waals surface area contributed by atoms with E-state index in [4.69, 9.17) is 5.73 Å². The van der Waals surface area contributed by atoms with Crippen LogP contribution in [0.3, 0.4) is 0 Å². The summed E-state index contributed by atoms with van der Waals surface area (Å²) in [7, 11) is 0. The number of alkyl halides is 3. The molecule has 1 fully saturated rings. The van der Waals surface area contributed by atoms with Gasteiger partial charge in [0.1, 0.15) is 0 Å². The SMILES string of the molecule is CCCC(C)CC1(N)CCCC(C(F)(F)F)C1. The first-order chi connectivity index (χ1) is 7.77. The molecule has 1 aliphatic carbocycles. The predicted octanol–water partition coefficient (Wildman–Crippen LogP) is 4.26. The van der Waals surface area contributed by atoms with Gasteiger partial charge < -0.3 is 5.73 Å². The molecule has 1 aliphatic rings. The molecular weight excluding hydrogens is 227 g/mol. The van der Waals surface area contributed by atoms with Crippen molar-refractivity contribution in [2.45, 2.75) is 70.5 Å². The molecule has 102 valence electrons. The summed E-state index contributed by atoms with van der Waals surface area (Å²) < 4.78 is 38.1. The third kappa shape index (κ3) is 4.49. The minimum Gasteiger partial charge on any atom is -0.325 e. The van der Waals surface area contributed by atoms with Crippen LogP contribution in [0.25, 0.3) is 0 Å². The smallest absolute Gasteiger partial charge is 0.325 e. The number of nitrogens with two attached hydrogens (primary N) is 1. The van der Waals surface area contributed by atoms with Crippen molar-refractivity contribution in [1.82, 2.24) is 0 Å². The van der Waals surface area contributed by atoms with E-state index in [1.807, 2.05) is 0 Å². The van der Waals surface area contributed by atoms with Crippen LogP contribution >= 0.6 is 0 Å². The standard InChI is InChI=1S/C13H24F3N/c1-3-5-10(2)8-12(17)7-4-6-11(9-12)13(14,15)16/h10-11H,3-9,17H2,1-2H3. The van der Waals surface area contributed by atoms with E-state index >= 15 is 0 Å². The van der Waals surface area contributed by atoms with Crippen molar-refractivity contribution < 1.29 is 13.2 Å². The molecule has 17 heavy (non-hydrogen) atoms. The van der Waals surface area contributed by atoms with Gasteiger partial charge in [-0.05, 0) is 31.6 Å². The summed E-state index contributed by atoms with van der Waals surface area (Å²) in [5, 5.41) is 0. The maximum absolute atomic E-state index is 12.7. The maximum Gasteiger partial charge on any atom is 0.391 e. The quantitative estimate of drug-likeness (QED) is 0.793. The largest absolute Gasteiger partial charge is 0.391 e. The molecule has 0 aromatic rings. The molecule has 0 aromatic heterocycles. The number of hydrogen-bond acceptors (Lipinski definition) is 1. The summed E-state index contributed by atoms with van der Waals surface area (Å²) in [5.41, 5.74) is 5.59. The average Bonchev–Trinajstić information content (AvgIpc) is 2.15. The molecule has 0 amide bonds. The first-order valence-corrected chi connectivity index (χ1v) is 6.62. The summed E-state index contributed by atoms with van der Waals surface area (Å²) in [6.07, 6.45) is 0.504. The van der Waals surface area contributed by atoms with Crippen LogP contribution in [-0.2, 0) is 0 Å². The van der Waals surface area contributed by atoms with E-state index in [0.717, 1.165) is 25.7 Å². The van der Waals surface area contributed by atoms with Crippen molar-refractivity contribution >= 4 is 0 Å². The summed E-state index contributed by atoms with van der Waals surface area (Å²) in [6, 6.07) is 0. The number of hydrogen-bond donors (Lipinski definition) is 1. The molecule has 0 heterocycles. The molecule has 4 heteroatoms. The van der Waals surface area contributed by atoms with Gasteiger partial charge in [-0.1, -0.05) is 33.1 Å². The molecule has 3 unspecified atom stereocenters. The van der Waals surface area contributed by atoms with Gasteiger partial charge in [0.05, 0.1) is 5.92 Å². The minimum atomic E-state index is -4.07. The normalized spacial score (nSPS) is 32.5. The minimum absolute atomic E-state index is 0.116. The Morgan fingerprint density at radius 1 is 1.41 bits per heavy atom. The number of rotatable bonds is 4. The van der Waals surface area contributed by atoms with Gasteiger partial charge >= 0.3 is 6.18 Å². The van der Waals surface area contributed by atoms with Crippen LogP contribution in [0.1, 0.15) is 58.8 Å². The predicted molar refractivity (Wildman–Crippen MR) is 63.6 cm³/mol. The molecule has 3 atom stereocenters. The van der Waals surface area contributed by atoms with E-state index in [0.29, 0.717) is 12.3 Å². The van der Waals surface area contributed by atoms with Crippen molar-refractivity contribution in [1.29, 1.82) is 0 Å².